The highest BCUT2D eigenvalue weighted by Crippen LogP contribution is 2.18. The summed E-state index contributed by atoms with van der Waals surface area (Å²) >= 11 is 3.34. The molecule has 0 aliphatic rings. The molecule has 0 spiro atoms. The highest BCUT2D eigenvalue weighted by molar-refractivity contribution is 9.10. The Bertz CT molecular complexity index is 734. The molecule has 2 amide bonds. The number of hydrogen-bond donors (Lipinski definition) is 2. The Morgan fingerprint density at radius 3 is 2.58 bits per heavy atom. The van der Waals surface area contributed by atoms with Crippen molar-refractivity contribution < 1.29 is 14.3 Å². The minimum atomic E-state index is -0.738. The summed E-state index contributed by atoms with van der Waals surface area (Å²) in [6, 6.07) is 14.8. The number of ether oxygens (including phenoxy) is 1. The van der Waals surface area contributed by atoms with Crippen LogP contribution in [0.5, 0.6) is 5.75 Å². The molecule has 0 aromatic heterocycles. The molecular weight excluding hydrogens is 372 g/mol. The fourth-order valence-corrected chi connectivity index (χ4v) is 2.43. The summed E-state index contributed by atoms with van der Waals surface area (Å²) in [6.45, 7) is 3.55. The molecular formula is C18H19BrN2O3. The Balaban J connectivity index is 1.81. The molecule has 2 rings (SSSR count). The number of rotatable bonds is 5. The van der Waals surface area contributed by atoms with Gasteiger partial charge in [0.2, 0.25) is 5.91 Å². The van der Waals surface area contributed by atoms with Gasteiger partial charge in [0.15, 0.2) is 6.10 Å². The van der Waals surface area contributed by atoms with Crippen LogP contribution in [0.15, 0.2) is 53.0 Å². The fourth-order valence-electron chi connectivity index (χ4n) is 2.06. The average molecular weight is 391 g/mol. The SMILES string of the molecule is Cc1ccccc1CC(=O)NNC(=O)[C@@H](C)Oc1cccc(Br)c1. The largest absolute Gasteiger partial charge is 0.481 e. The molecule has 1 atom stereocenters. The molecule has 0 saturated heterocycles. The third-order valence-corrected chi connectivity index (χ3v) is 3.91. The van der Waals surface area contributed by atoms with Gasteiger partial charge in [-0.05, 0) is 43.2 Å². The van der Waals surface area contributed by atoms with Crippen LogP contribution in [0.3, 0.4) is 0 Å². The summed E-state index contributed by atoms with van der Waals surface area (Å²) in [4.78, 5) is 23.9. The van der Waals surface area contributed by atoms with Gasteiger partial charge in [-0.1, -0.05) is 46.3 Å². The van der Waals surface area contributed by atoms with E-state index in [2.05, 4.69) is 26.8 Å². The minimum Gasteiger partial charge on any atom is -0.481 e. The van der Waals surface area contributed by atoms with E-state index in [0.29, 0.717) is 5.75 Å². The number of nitrogens with one attached hydrogen (secondary N) is 2. The van der Waals surface area contributed by atoms with Crippen LogP contribution in [0.1, 0.15) is 18.1 Å². The van der Waals surface area contributed by atoms with Crippen LogP contribution in [0.2, 0.25) is 0 Å². The molecule has 0 unspecified atom stereocenters. The van der Waals surface area contributed by atoms with Gasteiger partial charge in [-0.2, -0.15) is 0 Å². The molecule has 2 aromatic rings. The van der Waals surface area contributed by atoms with E-state index in [0.717, 1.165) is 15.6 Å². The third-order valence-electron chi connectivity index (χ3n) is 3.42. The topological polar surface area (TPSA) is 67.4 Å². The molecule has 6 heteroatoms. The van der Waals surface area contributed by atoms with Crippen LogP contribution < -0.4 is 15.6 Å². The molecule has 0 aliphatic carbocycles. The Hall–Kier alpha value is -2.34. The zero-order chi connectivity index (χ0) is 17.5. The maximum Gasteiger partial charge on any atom is 0.279 e. The fraction of sp³-hybridized carbons (Fsp3) is 0.222. The minimum absolute atomic E-state index is 0.202. The number of amides is 2. The van der Waals surface area contributed by atoms with Gasteiger partial charge in [0.25, 0.3) is 5.91 Å². The van der Waals surface area contributed by atoms with E-state index in [4.69, 9.17) is 4.74 Å². The van der Waals surface area contributed by atoms with Crippen LogP contribution in [-0.4, -0.2) is 17.9 Å². The van der Waals surface area contributed by atoms with Crippen LogP contribution in [0, 0.1) is 6.92 Å². The van der Waals surface area contributed by atoms with Crippen LogP contribution in [0.25, 0.3) is 0 Å². The molecule has 24 heavy (non-hydrogen) atoms. The second-order valence-electron chi connectivity index (χ2n) is 5.36. The molecule has 0 saturated carbocycles. The predicted molar refractivity (Wildman–Crippen MR) is 95.4 cm³/mol. The lowest BCUT2D eigenvalue weighted by molar-refractivity contribution is -0.132. The van der Waals surface area contributed by atoms with Gasteiger partial charge in [-0.25, -0.2) is 0 Å². The standard InChI is InChI=1S/C18H19BrN2O3/c1-12-6-3-4-7-14(12)10-17(22)20-21-18(23)13(2)24-16-9-5-8-15(19)11-16/h3-9,11,13H,10H2,1-2H3,(H,20,22)(H,21,23)/t13-/m1/s1. The molecule has 0 aliphatic heterocycles. The van der Waals surface area contributed by atoms with E-state index >= 15 is 0 Å². The molecule has 2 aromatic carbocycles. The first kappa shape index (κ1) is 18.0. The van der Waals surface area contributed by atoms with E-state index in [1.54, 1.807) is 19.1 Å². The summed E-state index contributed by atoms with van der Waals surface area (Å²) in [6.07, 6.45) is -0.536. The van der Waals surface area contributed by atoms with Gasteiger partial charge in [-0.3, -0.25) is 20.4 Å². The quantitative estimate of drug-likeness (QED) is 0.771. The smallest absolute Gasteiger partial charge is 0.279 e. The van der Waals surface area contributed by atoms with Gasteiger partial charge >= 0.3 is 0 Å². The van der Waals surface area contributed by atoms with Crippen molar-refractivity contribution in [2.45, 2.75) is 26.4 Å². The van der Waals surface area contributed by atoms with Crippen LogP contribution in [0.4, 0.5) is 0 Å². The zero-order valence-electron chi connectivity index (χ0n) is 13.5. The van der Waals surface area contributed by atoms with Crippen LogP contribution >= 0.6 is 15.9 Å². The Morgan fingerprint density at radius 2 is 1.88 bits per heavy atom. The van der Waals surface area contributed by atoms with Crippen molar-refractivity contribution >= 4 is 27.7 Å². The van der Waals surface area contributed by atoms with E-state index in [9.17, 15) is 9.59 Å². The number of carbonyl (C=O) groups excluding carboxylic acids is 2. The van der Waals surface area contributed by atoms with Gasteiger partial charge < -0.3 is 4.74 Å². The predicted octanol–water partition coefficient (Wildman–Crippen LogP) is 2.91. The van der Waals surface area contributed by atoms with E-state index in [-0.39, 0.29) is 12.3 Å². The molecule has 126 valence electrons. The number of hydrazine groups is 1. The molecule has 0 radical (unpaired) electrons. The number of aryl methyl sites for hydroxylation is 1. The summed E-state index contributed by atoms with van der Waals surface area (Å²) in [5, 5.41) is 0. The van der Waals surface area contributed by atoms with E-state index < -0.39 is 12.0 Å². The summed E-state index contributed by atoms with van der Waals surface area (Å²) in [5.74, 6) is -0.140. The number of benzene rings is 2. The lowest BCUT2D eigenvalue weighted by Crippen LogP contribution is -2.47. The lowest BCUT2D eigenvalue weighted by atomic mass is 10.1. The Kier molecular flexibility index (Phi) is 6.37. The lowest BCUT2D eigenvalue weighted by Gasteiger charge is -2.15. The zero-order valence-corrected chi connectivity index (χ0v) is 15.1. The number of halogens is 1. The maximum absolute atomic E-state index is 12.0. The second kappa shape index (κ2) is 8.49. The summed E-state index contributed by atoms with van der Waals surface area (Å²) < 4.78 is 6.39. The van der Waals surface area contributed by atoms with Crippen molar-refractivity contribution in [3.8, 4) is 5.75 Å². The van der Waals surface area contributed by atoms with Gasteiger partial charge in [0.1, 0.15) is 5.75 Å². The van der Waals surface area contributed by atoms with Crippen molar-refractivity contribution in [2.24, 2.45) is 0 Å². The average Bonchev–Trinajstić information content (AvgIpc) is 2.54. The number of carbonyl (C=O) groups is 2. The van der Waals surface area contributed by atoms with E-state index in [1.807, 2.05) is 43.3 Å². The first-order chi connectivity index (χ1) is 11.5. The van der Waals surface area contributed by atoms with Crippen molar-refractivity contribution in [2.75, 3.05) is 0 Å². The van der Waals surface area contributed by atoms with Crippen molar-refractivity contribution in [1.29, 1.82) is 0 Å². The molecule has 0 heterocycles. The third kappa shape index (κ3) is 5.38. The van der Waals surface area contributed by atoms with Gasteiger partial charge in [0.05, 0.1) is 6.42 Å². The Morgan fingerprint density at radius 1 is 1.12 bits per heavy atom. The van der Waals surface area contributed by atoms with Gasteiger partial charge in [-0.15, -0.1) is 0 Å². The van der Waals surface area contributed by atoms with E-state index in [1.165, 1.54) is 0 Å². The normalized spacial score (nSPS) is 11.5. The highest BCUT2D eigenvalue weighted by Gasteiger charge is 2.15. The summed E-state index contributed by atoms with van der Waals surface area (Å²) in [7, 11) is 0. The first-order valence-corrected chi connectivity index (χ1v) is 8.30. The second-order valence-corrected chi connectivity index (χ2v) is 6.27. The molecule has 2 N–H and O–H groups in total. The Labute approximate surface area is 149 Å². The summed E-state index contributed by atoms with van der Waals surface area (Å²) in [5.41, 5.74) is 6.74. The number of hydrogen-bond acceptors (Lipinski definition) is 3. The van der Waals surface area contributed by atoms with Crippen molar-refractivity contribution in [3.05, 3.63) is 64.1 Å². The highest BCUT2D eigenvalue weighted by atomic mass is 79.9. The molecule has 5 nitrogen and oxygen atoms in total. The molecule has 0 bridgehead atoms. The van der Waals surface area contributed by atoms with Gasteiger partial charge in [0, 0.05) is 4.47 Å². The van der Waals surface area contributed by atoms with Crippen LogP contribution in [-0.2, 0) is 16.0 Å². The monoisotopic (exact) mass is 390 g/mol. The first-order valence-electron chi connectivity index (χ1n) is 7.51. The molecule has 0 fully saturated rings. The van der Waals surface area contributed by atoms with Crippen molar-refractivity contribution in [3.63, 3.8) is 0 Å². The maximum atomic E-state index is 12.0. The van der Waals surface area contributed by atoms with Crippen molar-refractivity contribution in [1.82, 2.24) is 10.9 Å².